The molecule has 0 bridgehead atoms. The second kappa shape index (κ2) is 8.79. The van der Waals surface area contributed by atoms with Gasteiger partial charge in [0.25, 0.3) is 0 Å². The summed E-state index contributed by atoms with van der Waals surface area (Å²) in [5, 5.41) is 12.9. The van der Waals surface area contributed by atoms with E-state index < -0.39 is 6.10 Å². The Hall–Kier alpha value is -1.70. The molecular weight excluding hydrogens is 416 g/mol. The Labute approximate surface area is 165 Å². The Morgan fingerprint density at radius 2 is 2.04 bits per heavy atom. The molecule has 0 fully saturated rings. The molecule has 0 aliphatic carbocycles. The van der Waals surface area contributed by atoms with Gasteiger partial charge in [0.15, 0.2) is 0 Å². The number of amidine groups is 1. The molecule has 138 valence electrons. The van der Waals surface area contributed by atoms with Gasteiger partial charge in [-0.3, -0.25) is 4.99 Å². The van der Waals surface area contributed by atoms with Crippen LogP contribution in [0.2, 0.25) is 0 Å². The molecule has 1 unspecified atom stereocenters. The molecule has 3 rings (SSSR count). The van der Waals surface area contributed by atoms with Crippen molar-refractivity contribution < 1.29 is 14.6 Å². The van der Waals surface area contributed by atoms with Crippen molar-refractivity contribution in [1.82, 2.24) is 5.32 Å². The number of ether oxygens (including phenoxy) is 2. The van der Waals surface area contributed by atoms with E-state index in [0.717, 1.165) is 43.6 Å². The predicted octanol–water partition coefficient (Wildman–Crippen LogP) is 3.47. The molecule has 26 heavy (non-hydrogen) atoms. The summed E-state index contributed by atoms with van der Waals surface area (Å²) in [6.45, 7) is 0.905. The number of aliphatic imine (C=N–C) groups is 1. The van der Waals surface area contributed by atoms with Gasteiger partial charge in [-0.1, -0.05) is 22.0 Å². The summed E-state index contributed by atoms with van der Waals surface area (Å²) in [5.41, 5.74) is 2.08. The lowest BCUT2D eigenvalue weighted by atomic mass is 10.1. The molecule has 7 heteroatoms. The van der Waals surface area contributed by atoms with Crippen LogP contribution < -0.4 is 14.8 Å². The van der Waals surface area contributed by atoms with Crippen LogP contribution in [0.1, 0.15) is 11.1 Å². The van der Waals surface area contributed by atoms with Gasteiger partial charge in [0, 0.05) is 27.9 Å². The van der Waals surface area contributed by atoms with E-state index in [-0.39, 0.29) is 0 Å². The summed E-state index contributed by atoms with van der Waals surface area (Å²) in [4.78, 5) is 5.49. The normalized spacial score (nSPS) is 16.6. The molecule has 0 saturated heterocycles. The number of nitrogens with one attached hydrogen (secondary N) is 1. The number of rotatable bonds is 6. The number of aliphatic hydroxyl groups excluding tert-OH is 1. The smallest absolute Gasteiger partial charge is 0.133 e. The molecule has 2 aromatic carbocycles. The van der Waals surface area contributed by atoms with Crippen LogP contribution in [0.15, 0.2) is 50.8 Å². The molecule has 2 aromatic rings. The van der Waals surface area contributed by atoms with Crippen molar-refractivity contribution in [3.63, 3.8) is 0 Å². The van der Waals surface area contributed by atoms with Gasteiger partial charge in [-0.25, -0.2) is 0 Å². The van der Waals surface area contributed by atoms with Crippen LogP contribution in [0, 0.1) is 0 Å². The highest BCUT2D eigenvalue weighted by Gasteiger charge is 2.19. The molecule has 1 atom stereocenters. The Morgan fingerprint density at radius 3 is 2.73 bits per heavy atom. The lowest BCUT2D eigenvalue weighted by molar-refractivity contribution is 0.181. The van der Waals surface area contributed by atoms with Crippen LogP contribution in [0.5, 0.6) is 11.5 Å². The van der Waals surface area contributed by atoms with Crippen molar-refractivity contribution in [2.24, 2.45) is 4.99 Å². The van der Waals surface area contributed by atoms with Gasteiger partial charge in [0.1, 0.15) is 17.3 Å². The van der Waals surface area contributed by atoms with Gasteiger partial charge >= 0.3 is 0 Å². The molecule has 0 saturated carbocycles. The molecule has 0 spiro atoms. The number of hydrogen-bond donors (Lipinski definition) is 2. The maximum Gasteiger partial charge on any atom is 0.133 e. The average molecular weight is 437 g/mol. The minimum Gasteiger partial charge on any atom is -0.496 e. The summed E-state index contributed by atoms with van der Waals surface area (Å²) < 4.78 is 12.1. The number of thioether (sulfide) groups is 1. The minimum absolute atomic E-state index is 0.406. The third kappa shape index (κ3) is 4.34. The molecule has 2 N–H and O–H groups in total. The van der Waals surface area contributed by atoms with Crippen LogP contribution in [0.25, 0.3) is 0 Å². The van der Waals surface area contributed by atoms with Crippen LogP contribution in [0.3, 0.4) is 0 Å². The zero-order valence-corrected chi connectivity index (χ0v) is 17.1. The second-order valence-corrected chi connectivity index (χ2v) is 7.71. The van der Waals surface area contributed by atoms with Crippen molar-refractivity contribution in [3.8, 4) is 11.5 Å². The highest BCUT2D eigenvalue weighted by Crippen LogP contribution is 2.37. The van der Waals surface area contributed by atoms with Crippen molar-refractivity contribution in [2.75, 3.05) is 27.3 Å². The van der Waals surface area contributed by atoms with Gasteiger partial charge in [0.05, 0.1) is 31.8 Å². The Morgan fingerprint density at radius 1 is 1.23 bits per heavy atom. The molecule has 1 aliphatic heterocycles. The Kier molecular flexibility index (Phi) is 6.45. The molecule has 0 amide bonds. The molecule has 0 radical (unpaired) electrons. The number of β-amino-alcohol motifs (C(OH)–C–C–N with tert-alkyl or cyclic N) is 1. The number of methoxy groups -OCH3 is 2. The second-order valence-electron chi connectivity index (χ2n) is 5.81. The van der Waals surface area contributed by atoms with E-state index in [0.29, 0.717) is 13.1 Å². The van der Waals surface area contributed by atoms with Gasteiger partial charge in [-0.05, 0) is 30.3 Å². The molecule has 0 aromatic heterocycles. The average Bonchev–Trinajstić information content (AvgIpc) is 2.67. The third-order valence-corrected chi connectivity index (χ3v) is 5.69. The monoisotopic (exact) mass is 436 g/mol. The van der Waals surface area contributed by atoms with E-state index in [1.54, 1.807) is 26.0 Å². The van der Waals surface area contributed by atoms with Crippen LogP contribution >= 0.6 is 27.7 Å². The van der Waals surface area contributed by atoms with E-state index in [1.165, 1.54) is 0 Å². The highest BCUT2D eigenvalue weighted by atomic mass is 79.9. The van der Waals surface area contributed by atoms with Crippen molar-refractivity contribution in [3.05, 3.63) is 52.0 Å². The summed E-state index contributed by atoms with van der Waals surface area (Å²) >= 11 is 5.20. The first-order chi connectivity index (χ1) is 12.6. The SMILES string of the molecule is COc1ccc(Br)cc1CSc1c(OC)cccc1C1=NCC(O)CN1. The predicted molar refractivity (Wildman–Crippen MR) is 109 cm³/mol. The summed E-state index contributed by atoms with van der Waals surface area (Å²) in [5.74, 6) is 3.18. The topological polar surface area (TPSA) is 63.1 Å². The number of hydrogen-bond acceptors (Lipinski definition) is 6. The lowest BCUT2D eigenvalue weighted by Crippen LogP contribution is -2.39. The quantitative estimate of drug-likeness (QED) is 0.678. The van der Waals surface area contributed by atoms with E-state index in [4.69, 9.17) is 9.47 Å². The summed E-state index contributed by atoms with van der Waals surface area (Å²) in [6, 6.07) is 11.9. The molecular formula is C19H21BrN2O3S. The zero-order chi connectivity index (χ0) is 18.5. The number of halogens is 1. The van der Waals surface area contributed by atoms with Gasteiger partial charge in [-0.15, -0.1) is 11.8 Å². The van der Waals surface area contributed by atoms with Crippen molar-refractivity contribution in [1.29, 1.82) is 0 Å². The summed E-state index contributed by atoms with van der Waals surface area (Å²) in [7, 11) is 3.35. The first-order valence-electron chi connectivity index (χ1n) is 8.21. The number of benzene rings is 2. The van der Waals surface area contributed by atoms with Crippen molar-refractivity contribution in [2.45, 2.75) is 16.8 Å². The fourth-order valence-corrected chi connectivity index (χ4v) is 4.28. The first kappa shape index (κ1) is 19.1. The fraction of sp³-hybridized carbons (Fsp3) is 0.316. The van der Waals surface area contributed by atoms with Gasteiger partial charge in [0.2, 0.25) is 0 Å². The van der Waals surface area contributed by atoms with Gasteiger partial charge < -0.3 is 19.9 Å². The number of aliphatic hydroxyl groups is 1. The van der Waals surface area contributed by atoms with Gasteiger partial charge in [-0.2, -0.15) is 0 Å². The largest absolute Gasteiger partial charge is 0.496 e. The lowest BCUT2D eigenvalue weighted by Gasteiger charge is -2.22. The van der Waals surface area contributed by atoms with Crippen LogP contribution in [-0.2, 0) is 5.75 Å². The van der Waals surface area contributed by atoms with E-state index >= 15 is 0 Å². The molecule has 1 aliphatic rings. The summed E-state index contributed by atoms with van der Waals surface area (Å²) in [6.07, 6.45) is -0.439. The van der Waals surface area contributed by atoms with E-state index in [2.05, 4.69) is 32.3 Å². The maximum atomic E-state index is 9.66. The van der Waals surface area contributed by atoms with Crippen molar-refractivity contribution >= 4 is 33.5 Å². The third-order valence-electron chi connectivity index (χ3n) is 4.03. The Bertz CT molecular complexity index is 813. The highest BCUT2D eigenvalue weighted by molar-refractivity contribution is 9.10. The standard InChI is InChI=1S/C19H21BrN2O3S/c1-24-16-7-6-13(20)8-12(16)11-26-18-15(4-3-5-17(18)25-2)19-21-9-14(23)10-22-19/h3-8,14,23H,9-11H2,1-2H3,(H,21,22). The first-order valence-corrected chi connectivity index (χ1v) is 9.99. The maximum absolute atomic E-state index is 9.66. The van der Waals surface area contributed by atoms with Crippen LogP contribution in [-0.4, -0.2) is 44.4 Å². The Balaban J connectivity index is 1.91. The van der Waals surface area contributed by atoms with E-state index in [1.807, 2.05) is 30.3 Å². The molecule has 5 nitrogen and oxygen atoms in total. The van der Waals surface area contributed by atoms with E-state index in [9.17, 15) is 5.11 Å². The fourth-order valence-electron chi connectivity index (χ4n) is 2.73. The van der Waals surface area contributed by atoms with Crippen LogP contribution in [0.4, 0.5) is 0 Å². The zero-order valence-electron chi connectivity index (χ0n) is 14.7. The molecule has 1 heterocycles. The number of nitrogens with zero attached hydrogens (tertiary/aromatic N) is 1. The minimum atomic E-state index is -0.439.